The number of fused-ring (bicyclic) bond motifs is 1. The number of esters is 1. The zero-order valence-corrected chi connectivity index (χ0v) is 19.5. The highest BCUT2D eigenvalue weighted by molar-refractivity contribution is 7.20. The number of methoxy groups -OCH3 is 1. The molecular weight excluding hydrogens is 456 g/mol. The van der Waals surface area contributed by atoms with Crippen LogP contribution in [0.25, 0.3) is 10.2 Å². The maximum absolute atomic E-state index is 13.1. The lowest BCUT2D eigenvalue weighted by atomic mass is 10.1. The average Bonchev–Trinajstić information content (AvgIpc) is 3.21. The molecule has 9 heteroatoms. The SMILES string of the molecule is COc1ccc(C(=O)Cn2cnc3sc(C(=O)OCCOc4ccccc4)c(C)c3c2=O)cc1. The number of carbonyl (C=O) groups excluding carboxylic acids is 2. The molecule has 0 bridgehead atoms. The quantitative estimate of drug-likeness (QED) is 0.205. The van der Waals surface area contributed by atoms with E-state index in [1.165, 1.54) is 10.9 Å². The lowest BCUT2D eigenvalue weighted by Crippen LogP contribution is -2.24. The molecule has 0 saturated heterocycles. The van der Waals surface area contributed by atoms with Crippen LogP contribution in [0, 0.1) is 6.92 Å². The second-order valence-corrected chi connectivity index (χ2v) is 8.36. The highest BCUT2D eigenvalue weighted by atomic mass is 32.1. The normalized spacial score (nSPS) is 10.8. The maximum atomic E-state index is 13.1. The Labute approximate surface area is 199 Å². The summed E-state index contributed by atoms with van der Waals surface area (Å²) in [7, 11) is 1.54. The third-order valence-corrected chi connectivity index (χ3v) is 6.34. The Morgan fingerprint density at radius 3 is 2.44 bits per heavy atom. The van der Waals surface area contributed by atoms with Crippen LogP contribution in [0.4, 0.5) is 0 Å². The van der Waals surface area contributed by atoms with Gasteiger partial charge in [-0.1, -0.05) is 18.2 Å². The van der Waals surface area contributed by atoms with Crippen molar-refractivity contribution < 1.29 is 23.8 Å². The minimum atomic E-state index is -0.544. The molecule has 0 unspecified atom stereocenters. The molecule has 4 aromatic rings. The lowest BCUT2D eigenvalue weighted by Gasteiger charge is -2.07. The smallest absolute Gasteiger partial charge is 0.348 e. The van der Waals surface area contributed by atoms with Gasteiger partial charge < -0.3 is 14.2 Å². The zero-order valence-electron chi connectivity index (χ0n) is 18.6. The lowest BCUT2D eigenvalue weighted by molar-refractivity contribution is 0.0455. The Morgan fingerprint density at radius 2 is 1.74 bits per heavy atom. The third kappa shape index (κ3) is 4.99. The molecule has 0 atom stereocenters. The summed E-state index contributed by atoms with van der Waals surface area (Å²) in [5, 5.41) is 0.308. The summed E-state index contributed by atoms with van der Waals surface area (Å²) in [5.41, 5.74) is 0.557. The van der Waals surface area contributed by atoms with E-state index in [2.05, 4.69) is 4.98 Å². The van der Waals surface area contributed by atoms with E-state index in [0.717, 1.165) is 11.3 Å². The first-order valence-electron chi connectivity index (χ1n) is 10.5. The summed E-state index contributed by atoms with van der Waals surface area (Å²) in [6, 6.07) is 15.9. The van der Waals surface area contributed by atoms with Crippen LogP contribution >= 0.6 is 11.3 Å². The topological polar surface area (TPSA) is 96.7 Å². The molecule has 0 amide bonds. The van der Waals surface area contributed by atoms with Gasteiger partial charge in [0.25, 0.3) is 5.56 Å². The number of Topliss-reactive ketones (excluding diaryl/α,β-unsaturated/α-hetero) is 1. The van der Waals surface area contributed by atoms with E-state index in [1.54, 1.807) is 38.3 Å². The number of carbonyl (C=O) groups is 2. The van der Waals surface area contributed by atoms with Gasteiger partial charge in [0.15, 0.2) is 5.78 Å². The van der Waals surface area contributed by atoms with Crippen molar-refractivity contribution in [3.05, 3.63) is 87.3 Å². The standard InChI is InChI=1S/C25H22N2O6S/c1-16-21-23(34-22(16)25(30)33-13-12-32-19-6-4-3-5-7-19)26-15-27(24(21)29)14-20(28)17-8-10-18(31-2)11-9-17/h3-11,15H,12-14H2,1-2H3. The van der Waals surface area contributed by atoms with Crippen molar-refractivity contribution in [3.8, 4) is 11.5 Å². The fraction of sp³-hybridized carbons (Fsp3) is 0.200. The van der Waals surface area contributed by atoms with E-state index in [9.17, 15) is 14.4 Å². The number of aromatic nitrogens is 2. The van der Waals surface area contributed by atoms with Crippen molar-refractivity contribution in [1.29, 1.82) is 0 Å². The first-order chi connectivity index (χ1) is 16.5. The number of para-hydroxylation sites is 1. The van der Waals surface area contributed by atoms with Gasteiger partial charge in [-0.2, -0.15) is 0 Å². The molecule has 0 fully saturated rings. The number of ketones is 1. The molecule has 34 heavy (non-hydrogen) atoms. The monoisotopic (exact) mass is 478 g/mol. The van der Waals surface area contributed by atoms with Crippen LogP contribution in [0.1, 0.15) is 25.6 Å². The number of hydrogen-bond donors (Lipinski definition) is 0. The van der Waals surface area contributed by atoms with Crippen LogP contribution in [-0.2, 0) is 11.3 Å². The van der Waals surface area contributed by atoms with Crippen LogP contribution in [0.3, 0.4) is 0 Å². The number of thiophene rings is 1. The molecule has 0 saturated carbocycles. The van der Waals surface area contributed by atoms with Gasteiger partial charge in [0, 0.05) is 5.56 Å². The molecule has 2 aromatic carbocycles. The van der Waals surface area contributed by atoms with Crippen LogP contribution in [-0.4, -0.2) is 41.6 Å². The molecule has 0 N–H and O–H groups in total. The molecule has 0 radical (unpaired) electrons. The van der Waals surface area contributed by atoms with E-state index in [4.69, 9.17) is 14.2 Å². The molecule has 0 spiro atoms. The summed E-state index contributed by atoms with van der Waals surface area (Å²) in [4.78, 5) is 43.3. The van der Waals surface area contributed by atoms with Gasteiger partial charge in [-0.25, -0.2) is 9.78 Å². The van der Waals surface area contributed by atoms with E-state index in [-0.39, 0.29) is 31.1 Å². The maximum Gasteiger partial charge on any atom is 0.348 e. The first-order valence-corrected chi connectivity index (χ1v) is 11.3. The highest BCUT2D eigenvalue weighted by Crippen LogP contribution is 2.27. The van der Waals surface area contributed by atoms with E-state index in [0.29, 0.717) is 37.7 Å². The molecular formula is C25H22N2O6S. The van der Waals surface area contributed by atoms with Crippen molar-refractivity contribution in [2.45, 2.75) is 13.5 Å². The first kappa shape index (κ1) is 23.2. The average molecular weight is 479 g/mol. The zero-order chi connectivity index (χ0) is 24.1. The predicted molar refractivity (Wildman–Crippen MR) is 128 cm³/mol. The van der Waals surface area contributed by atoms with Gasteiger partial charge >= 0.3 is 5.97 Å². The van der Waals surface area contributed by atoms with Crippen molar-refractivity contribution >= 4 is 33.3 Å². The number of aryl methyl sites for hydroxylation is 1. The summed E-state index contributed by atoms with van der Waals surface area (Å²) in [6.07, 6.45) is 1.32. The molecule has 0 aliphatic rings. The molecule has 8 nitrogen and oxygen atoms in total. The van der Waals surface area contributed by atoms with Crippen LogP contribution in [0.15, 0.2) is 65.7 Å². The van der Waals surface area contributed by atoms with Gasteiger partial charge in [-0.3, -0.25) is 14.2 Å². The summed E-state index contributed by atoms with van der Waals surface area (Å²) in [5.74, 6) is 0.538. The Kier molecular flexibility index (Phi) is 7.03. The van der Waals surface area contributed by atoms with E-state index < -0.39 is 5.97 Å². The fourth-order valence-corrected chi connectivity index (χ4v) is 4.40. The minimum absolute atomic E-state index is 0.0649. The van der Waals surface area contributed by atoms with Crippen molar-refractivity contribution in [2.75, 3.05) is 20.3 Å². The minimum Gasteiger partial charge on any atom is -0.497 e. The summed E-state index contributed by atoms with van der Waals surface area (Å²) < 4.78 is 17.2. The van der Waals surface area contributed by atoms with Gasteiger partial charge in [-0.15, -0.1) is 11.3 Å². The molecule has 174 valence electrons. The molecule has 0 aliphatic heterocycles. The Bertz CT molecular complexity index is 1380. The number of rotatable bonds is 9. The van der Waals surface area contributed by atoms with Gasteiger partial charge in [0.1, 0.15) is 34.4 Å². The highest BCUT2D eigenvalue weighted by Gasteiger charge is 2.21. The van der Waals surface area contributed by atoms with E-state index in [1.807, 2.05) is 30.3 Å². The van der Waals surface area contributed by atoms with Gasteiger partial charge in [0.2, 0.25) is 0 Å². The number of hydrogen-bond acceptors (Lipinski definition) is 8. The summed E-state index contributed by atoms with van der Waals surface area (Å²) in [6.45, 7) is 1.78. The third-order valence-electron chi connectivity index (χ3n) is 5.16. The van der Waals surface area contributed by atoms with Gasteiger partial charge in [0.05, 0.1) is 25.4 Å². The van der Waals surface area contributed by atoms with Crippen molar-refractivity contribution in [1.82, 2.24) is 9.55 Å². The number of nitrogens with zero attached hydrogens (tertiary/aromatic N) is 2. The number of benzene rings is 2. The Balaban J connectivity index is 1.46. The van der Waals surface area contributed by atoms with Crippen LogP contribution < -0.4 is 15.0 Å². The molecule has 2 aromatic heterocycles. The second kappa shape index (κ2) is 10.3. The van der Waals surface area contributed by atoms with Gasteiger partial charge in [-0.05, 0) is 48.9 Å². The molecule has 2 heterocycles. The predicted octanol–water partition coefficient (Wildman–Crippen LogP) is 3.89. The Hall–Kier alpha value is -3.98. The fourth-order valence-electron chi connectivity index (χ4n) is 3.37. The molecule has 0 aliphatic carbocycles. The van der Waals surface area contributed by atoms with Crippen molar-refractivity contribution in [2.24, 2.45) is 0 Å². The van der Waals surface area contributed by atoms with E-state index >= 15 is 0 Å². The Morgan fingerprint density at radius 1 is 1.00 bits per heavy atom. The van der Waals surface area contributed by atoms with Crippen molar-refractivity contribution in [3.63, 3.8) is 0 Å². The second-order valence-electron chi connectivity index (χ2n) is 7.36. The van der Waals surface area contributed by atoms with Crippen LogP contribution in [0.5, 0.6) is 11.5 Å². The summed E-state index contributed by atoms with van der Waals surface area (Å²) >= 11 is 1.09. The molecule has 4 rings (SSSR count). The van der Waals surface area contributed by atoms with Crippen LogP contribution in [0.2, 0.25) is 0 Å². The number of ether oxygens (including phenoxy) is 3. The largest absolute Gasteiger partial charge is 0.497 e.